The van der Waals surface area contributed by atoms with Crippen molar-refractivity contribution in [2.75, 3.05) is 10.6 Å². The Labute approximate surface area is 209 Å². The van der Waals surface area contributed by atoms with Crippen LogP contribution in [0.1, 0.15) is 48.0 Å². The van der Waals surface area contributed by atoms with E-state index >= 15 is 0 Å². The maximum Gasteiger partial charge on any atom is 0.255 e. The van der Waals surface area contributed by atoms with Crippen LogP contribution in [0, 0.1) is 12.8 Å². The molecule has 0 aliphatic heterocycles. The molecule has 0 unspecified atom stereocenters. The number of H-pyrrole nitrogens is 1. The van der Waals surface area contributed by atoms with Crippen molar-refractivity contribution < 1.29 is 9.59 Å². The summed E-state index contributed by atoms with van der Waals surface area (Å²) in [5.74, 6) is 0.721. The highest BCUT2D eigenvalue weighted by Crippen LogP contribution is 2.27. The molecule has 5 rings (SSSR count). The molecule has 0 bridgehead atoms. The smallest absolute Gasteiger partial charge is 0.255 e. The maximum absolute atomic E-state index is 12.6. The number of hydrogen-bond acceptors (Lipinski definition) is 3. The lowest BCUT2D eigenvalue weighted by molar-refractivity contribution is -0.120. The number of benzene rings is 3. The highest BCUT2D eigenvalue weighted by atomic mass is 35.5. The van der Waals surface area contributed by atoms with Crippen molar-refractivity contribution in [1.82, 2.24) is 9.97 Å². The van der Waals surface area contributed by atoms with Gasteiger partial charge in [-0.2, -0.15) is 0 Å². The number of imidazole rings is 1. The Balaban J connectivity index is 1.27. The van der Waals surface area contributed by atoms with E-state index in [9.17, 15) is 9.59 Å². The molecule has 4 aromatic rings. The number of carbonyl (C=O) groups is 2. The van der Waals surface area contributed by atoms with Crippen molar-refractivity contribution >= 4 is 45.8 Å². The molecule has 1 heterocycles. The number of amides is 2. The molecule has 3 aromatic carbocycles. The molecule has 0 atom stereocenters. The van der Waals surface area contributed by atoms with Gasteiger partial charge in [0, 0.05) is 33.4 Å². The van der Waals surface area contributed by atoms with Crippen LogP contribution in [0.25, 0.3) is 22.4 Å². The van der Waals surface area contributed by atoms with E-state index in [2.05, 4.69) is 20.6 Å². The Morgan fingerprint density at radius 1 is 0.914 bits per heavy atom. The number of nitrogens with one attached hydrogen (secondary N) is 3. The molecule has 1 saturated carbocycles. The number of hydrogen-bond donors (Lipinski definition) is 3. The summed E-state index contributed by atoms with van der Waals surface area (Å²) in [6, 6.07) is 18.5. The molecule has 178 valence electrons. The average molecular weight is 487 g/mol. The third-order valence-electron chi connectivity index (χ3n) is 6.58. The Morgan fingerprint density at radius 2 is 1.66 bits per heavy atom. The standard InChI is InChI=1S/C28H27ClN4O2/c1-17-7-8-20(15-23(17)29)28(35)30-21-11-9-18(10-12-21)26-32-24-14-13-22(16-25(24)33-26)31-27(34)19-5-3-2-4-6-19/h7-16,19H,2-6H2,1H3,(H,30,35)(H,31,34)(H,32,33). The van der Waals surface area contributed by atoms with Crippen molar-refractivity contribution in [3.63, 3.8) is 0 Å². The summed E-state index contributed by atoms with van der Waals surface area (Å²) >= 11 is 6.14. The van der Waals surface area contributed by atoms with Gasteiger partial charge in [-0.1, -0.05) is 36.9 Å². The molecule has 0 radical (unpaired) electrons. The van der Waals surface area contributed by atoms with Gasteiger partial charge in [-0.05, 0) is 79.9 Å². The third-order valence-corrected chi connectivity index (χ3v) is 6.98. The van der Waals surface area contributed by atoms with Crippen LogP contribution < -0.4 is 10.6 Å². The number of aromatic amines is 1. The van der Waals surface area contributed by atoms with Crippen LogP contribution in [0.4, 0.5) is 11.4 Å². The molecule has 6 nitrogen and oxygen atoms in total. The molecule has 7 heteroatoms. The van der Waals surface area contributed by atoms with Crippen LogP contribution in [0.5, 0.6) is 0 Å². The zero-order valence-electron chi connectivity index (χ0n) is 19.5. The molecular weight excluding hydrogens is 460 g/mol. The lowest BCUT2D eigenvalue weighted by Gasteiger charge is -2.20. The Hall–Kier alpha value is -3.64. The van der Waals surface area contributed by atoms with Crippen LogP contribution >= 0.6 is 11.6 Å². The number of aromatic nitrogens is 2. The normalized spacial score (nSPS) is 14.1. The largest absolute Gasteiger partial charge is 0.338 e. The van der Waals surface area contributed by atoms with E-state index in [1.54, 1.807) is 12.1 Å². The predicted molar refractivity (Wildman–Crippen MR) is 141 cm³/mol. The van der Waals surface area contributed by atoms with E-state index in [0.717, 1.165) is 59.4 Å². The highest BCUT2D eigenvalue weighted by Gasteiger charge is 2.21. The number of carbonyl (C=O) groups excluding carboxylic acids is 2. The first-order valence-corrected chi connectivity index (χ1v) is 12.3. The van der Waals surface area contributed by atoms with Crippen LogP contribution in [-0.2, 0) is 4.79 Å². The van der Waals surface area contributed by atoms with Gasteiger partial charge in [0.05, 0.1) is 11.0 Å². The van der Waals surface area contributed by atoms with Gasteiger partial charge in [0.2, 0.25) is 5.91 Å². The second-order valence-electron chi connectivity index (χ2n) is 9.14. The lowest BCUT2D eigenvalue weighted by atomic mass is 9.88. The van der Waals surface area contributed by atoms with Gasteiger partial charge >= 0.3 is 0 Å². The van der Waals surface area contributed by atoms with Crippen molar-refractivity contribution in [1.29, 1.82) is 0 Å². The summed E-state index contributed by atoms with van der Waals surface area (Å²) in [7, 11) is 0. The number of nitrogens with zero attached hydrogens (tertiary/aromatic N) is 1. The van der Waals surface area contributed by atoms with Gasteiger partial charge in [-0.15, -0.1) is 0 Å². The average Bonchev–Trinajstić information content (AvgIpc) is 3.30. The van der Waals surface area contributed by atoms with Gasteiger partial charge in [-0.3, -0.25) is 9.59 Å². The second-order valence-corrected chi connectivity index (χ2v) is 9.54. The molecule has 1 aliphatic carbocycles. The summed E-state index contributed by atoms with van der Waals surface area (Å²) in [5.41, 5.74) is 5.46. The number of halogens is 1. The fourth-order valence-corrected chi connectivity index (χ4v) is 4.66. The minimum absolute atomic E-state index is 0.106. The van der Waals surface area contributed by atoms with Crippen molar-refractivity contribution in [2.45, 2.75) is 39.0 Å². The fraction of sp³-hybridized carbons (Fsp3) is 0.250. The lowest BCUT2D eigenvalue weighted by Crippen LogP contribution is -2.24. The molecule has 1 aliphatic rings. The molecule has 0 spiro atoms. The van der Waals surface area contributed by atoms with E-state index in [4.69, 9.17) is 11.6 Å². The van der Waals surface area contributed by atoms with Crippen LogP contribution in [0.3, 0.4) is 0 Å². The van der Waals surface area contributed by atoms with Gasteiger partial charge in [-0.25, -0.2) is 4.98 Å². The van der Waals surface area contributed by atoms with E-state index in [1.807, 2.05) is 55.5 Å². The SMILES string of the molecule is Cc1ccc(C(=O)Nc2ccc(-c3nc4ccc(NC(=O)C5CCCCC5)cc4[nH]3)cc2)cc1Cl. The number of rotatable bonds is 5. The molecule has 1 fully saturated rings. The molecule has 3 N–H and O–H groups in total. The maximum atomic E-state index is 12.6. The van der Waals surface area contributed by atoms with E-state index in [-0.39, 0.29) is 17.7 Å². The minimum Gasteiger partial charge on any atom is -0.338 e. The number of aryl methyl sites for hydroxylation is 1. The minimum atomic E-state index is -0.216. The fourth-order valence-electron chi connectivity index (χ4n) is 4.48. The van der Waals surface area contributed by atoms with Gasteiger partial charge in [0.1, 0.15) is 5.82 Å². The van der Waals surface area contributed by atoms with Crippen molar-refractivity contribution in [3.05, 3.63) is 76.8 Å². The second kappa shape index (κ2) is 9.92. The quantitative estimate of drug-likeness (QED) is 0.285. The predicted octanol–water partition coefficient (Wildman–Crippen LogP) is 6.96. The Bertz CT molecular complexity index is 1390. The number of fused-ring (bicyclic) bond motifs is 1. The third kappa shape index (κ3) is 5.23. The Kier molecular flexibility index (Phi) is 6.55. The molecule has 1 aromatic heterocycles. The molecule has 0 saturated heterocycles. The molecule has 35 heavy (non-hydrogen) atoms. The first-order valence-electron chi connectivity index (χ1n) is 11.9. The monoisotopic (exact) mass is 486 g/mol. The molecular formula is C28H27ClN4O2. The van der Waals surface area contributed by atoms with E-state index in [1.165, 1.54) is 6.42 Å². The summed E-state index contributed by atoms with van der Waals surface area (Å²) < 4.78 is 0. The highest BCUT2D eigenvalue weighted by molar-refractivity contribution is 6.31. The first kappa shape index (κ1) is 23.1. The van der Waals surface area contributed by atoms with E-state index < -0.39 is 0 Å². The van der Waals surface area contributed by atoms with Crippen LogP contribution in [-0.4, -0.2) is 21.8 Å². The van der Waals surface area contributed by atoms with Crippen LogP contribution in [0.2, 0.25) is 5.02 Å². The van der Waals surface area contributed by atoms with Gasteiger partial charge in [0.15, 0.2) is 0 Å². The van der Waals surface area contributed by atoms with Gasteiger partial charge < -0.3 is 15.6 Å². The van der Waals surface area contributed by atoms with Crippen LogP contribution in [0.15, 0.2) is 60.7 Å². The zero-order valence-corrected chi connectivity index (χ0v) is 20.3. The molecule has 2 amide bonds. The van der Waals surface area contributed by atoms with Crippen molar-refractivity contribution in [3.8, 4) is 11.4 Å². The zero-order chi connectivity index (χ0) is 24.4. The first-order chi connectivity index (χ1) is 17.0. The van der Waals surface area contributed by atoms with E-state index in [0.29, 0.717) is 16.3 Å². The summed E-state index contributed by atoms with van der Waals surface area (Å²) in [6.45, 7) is 1.90. The topological polar surface area (TPSA) is 86.9 Å². The summed E-state index contributed by atoms with van der Waals surface area (Å²) in [6.07, 6.45) is 5.42. The summed E-state index contributed by atoms with van der Waals surface area (Å²) in [4.78, 5) is 33.1. The Morgan fingerprint density at radius 3 is 2.40 bits per heavy atom. The van der Waals surface area contributed by atoms with Gasteiger partial charge in [0.25, 0.3) is 5.91 Å². The number of anilines is 2. The van der Waals surface area contributed by atoms with Crippen molar-refractivity contribution in [2.24, 2.45) is 5.92 Å². The summed E-state index contributed by atoms with van der Waals surface area (Å²) in [5, 5.41) is 6.52.